The average molecular weight is 235 g/mol. The lowest BCUT2D eigenvalue weighted by Gasteiger charge is -2.35. The van der Waals surface area contributed by atoms with Gasteiger partial charge in [0.1, 0.15) is 5.75 Å². The number of methoxy groups -OCH3 is 1. The van der Waals surface area contributed by atoms with Crippen LogP contribution in [0.2, 0.25) is 0 Å². The first kappa shape index (κ1) is 12.2. The second kappa shape index (κ2) is 5.92. The predicted molar refractivity (Wildman–Crippen MR) is 69.7 cm³/mol. The monoisotopic (exact) mass is 235 g/mol. The molecule has 0 saturated heterocycles. The molecule has 1 fully saturated rings. The lowest BCUT2D eigenvalue weighted by atomic mass is 9.89. The topological polar surface area (TPSA) is 30.5 Å². The fraction of sp³-hybridized carbons (Fsp3) is 0.571. The predicted octanol–water partition coefficient (Wildman–Crippen LogP) is 3.06. The average Bonchev–Trinajstić information content (AvgIpc) is 2.31. The van der Waals surface area contributed by atoms with Crippen LogP contribution in [0.5, 0.6) is 5.75 Å². The molecule has 1 aromatic carbocycles. The van der Waals surface area contributed by atoms with Crippen molar-refractivity contribution in [1.29, 1.82) is 0 Å². The van der Waals surface area contributed by atoms with Gasteiger partial charge in [0.05, 0.1) is 18.4 Å². The second-order valence-corrected chi connectivity index (χ2v) is 4.51. The third kappa shape index (κ3) is 3.13. The molecule has 3 nitrogen and oxygen atoms in total. The van der Waals surface area contributed by atoms with Crippen LogP contribution in [0.15, 0.2) is 24.3 Å². The molecule has 1 aliphatic rings. The molecule has 94 valence electrons. The summed E-state index contributed by atoms with van der Waals surface area (Å²) in [7, 11) is 1.78. The first-order chi connectivity index (χ1) is 8.33. The molecular weight excluding hydrogens is 214 g/mol. The molecule has 0 radical (unpaired) electrons. The Morgan fingerprint density at radius 1 is 1.29 bits per heavy atom. The summed E-state index contributed by atoms with van der Waals surface area (Å²) < 4.78 is 11.0. The molecule has 2 rings (SSSR count). The van der Waals surface area contributed by atoms with Crippen LogP contribution in [-0.2, 0) is 4.74 Å². The summed E-state index contributed by atoms with van der Waals surface area (Å²) >= 11 is 0. The highest BCUT2D eigenvalue weighted by molar-refractivity contribution is 5.57. The number of nitrogens with one attached hydrogen (secondary N) is 1. The van der Waals surface area contributed by atoms with E-state index in [1.165, 1.54) is 0 Å². The van der Waals surface area contributed by atoms with Crippen molar-refractivity contribution in [1.82, 2.24) is 0 Å². The zero-order chi connectivity index (χ0) is 12.1. The van der Waals surface area contributed by atoms with Crippen molar-refractivity contribution in [2.24, 2.45) is 0 Å². The molecule has 1 N–H and O–H groups in total. The van der Waals surface area contributed by atoms with Crippen LogP contribution in [0.3, 0.4) is 0 Å². The molecule has 0 spiro atoms. The number of hydrogen-bond donors (Lipinski definition) is 1. The molecule has 0 aromatic heterocycles. The Hall–Kier alpha value is -1.22. The Labute approximate surface area is 103 Å². The van der Waals surface area contributed by atoms with E-state index in [9.17, 15) is 0 Å². The lowest BCUT2D eigenvalue weighted by molar-refractivity contribution is 0.0328. The van der Waals surface area contributed by atoms with Gasteiger partial charge in [0.15, 0.2) is 0 Å². The van der Waals surface area contributed by atoms with E-state index in [1.807, 2.05) is 18.2 Å². The van der Waals surface area contributed by atoms with Crippen LogP contribution in [-0.4, -0.2) is 25.9 Å². The van der Waals surface area contributed by atoms with Gasteiger partial charge in [-0.25, -0.2) is 0 Å². The highest BCUT2D eigenvalue weighted by atomic mass is 16.5. The summed E-state index contributed by atoms with van der Waals surface area (Å²) in [5.74, 6) is 0.954. The van der Waals surface area contributed by atoms with Gasteiger partial charge in [0, 0.05) is 13.2 Å². The number of para-hydroxylation sites is 2. The molecular formula is C14H21NO2. The van der Waals surface area contributed by atoms with Crippen molar-refractivity contribution in [3.8, 4) is 5.75 Å². The van der Waals surface area contributed by atoms with Gasteiger partial charge in [0.2, 0.25) is 0 Å². The van der Waals surface area contributed by atoms with Gasteiger partial charge in [0.25, 0.3) is 0 Å². The molecule has 0 amide bonds. The summed E-state index contributed by atoms with van der Waals surface area (Å²) in [6, 6.07) is 8.66. The van der Waals surface area contributed by atoms with E-state index in [1.54, 1.807) is 7.11 Å². The van der Waals surface area contributed by atoms with Crippen molar-refractivity contribution in [2.75, 3.05) is 19.0 Å². The Bertz CT molecular complexity index is 348. The van der Waals surface area contributed by atoms with Gasteiger partial charge in [-0.2, -0.15) is 0 Å². The zero-order valence-corrected chi connectivity index (χ0v) is 10.6. The standard InChI is InChI=1S/C14H21NO2/c1-3-8-17-14-7-5-4-6-13(14)15-11-9-12(10-11)16-2/h4-7,11-12,15H,3,8-10H2,1-2H3. The number of rotatable bonds is 6. The minimum absolute atomic E-state index is 0.427. The van der Waals surface area contributed by atoms with E-state index in [-0.39, 0.29) is 0 Å². The van der Waals surface area contributed by atoms with Crippen LogP contribution in [0.4, 0.5) is 5.69 Å². The van der Waals surface area contributed by atoms with E-state index < -0.39 is 0 Å². The number of anilines is 1. The molecule has 0 heterocycles. The van der Waals surface area contributed by atoms with Gasteiger partial charge in [-0.3, -0.25) is 0 Å². The Balaban J connectivity index is 1.91. The zero-order valence-electron chi connectivity index (χ0n) is 10.6. The van der Waals surface area contributed by atoms with Crippen LogP contribution in [0.25, 0.3) is 0 Å². The highest BCUT2D eigenvalue weighted by Gasteiger charge is 2.29. The lowest BCUT2D eigenvalue weighted by Crippen LogP contribution is -2.40. The van der Waals surface area contributed by atoms with Crippen molar-refractivity contribution in [2.45, 2.75) is 38.3 Å². The van der Waals surface area contributed by atoms with E-state index in [0.717, 1.165) is 37.3 Å². The number of benzene rings is 1. The highest BCUT2D eigenvalue weighted by Crippen LogP contribution is 2.30. The maximum Gasteiger partial charge on any atom is 0.142 e. The molecule has 1 saturated carbocycles. The summed E-state index contributed by atoms with van der Waals surface area (Å²) in [6.45, 7) is 2.88. The van der Waals surface area contributed by atoms with Gasteiger partial charge in [-0.05, 0) is 31.4 Å². The van der Waals surface area contributed by atoms with Crippen LogP contribution in [0, 0.1) is 0 Å². The van der Waals surface area contributed by atoms with Crippen molar-refractivity contribution in [3.63, 3.8) is 0 Å². The molecule has 0 atom stereocenters. The SMILES string of the molecule is CCCOc1ccccc1NC1CC(OC)C1. The Morgan fingerprint density at radius 3 is 2.76 bits per heavy atom. The molecule has 3 heteroatoms. The fourth-order valence-electron chi connectivity index (χ4n) is 2.02. The van der Waals surface area contributed by atoms with Gasteiger partial charge >= 0.3 is 0 Å². The summed E-state index contributed by atoms with van der Waals surface area (Å²) in [5, 5.41) is 3.52. The van der Waals surface area contributed by atoms with Crippen LogP contribution in [0.1, 0.15) is 26.2 Å². The molecule has 0 unspecified atom stereocenters. The molecule has 0 bridgehead atoms. The van der Waals surface area contributed by atoms with E-state index in [4.69, 9.17) is 9.47 Å². The molecule has 17 heavy (non-hydrogen) atoms. The Morgan fingerprint density at radius 2 is 2.06 bits per heavy atom. The van der Waals surface area contributed by atoms with Crippen molar-refractivity contribution < 1.29 is 9.47 Å². The Kier molecular flexibility index (Phi) is 4.26. The minimum atomic E-state index is 0.427. The third-order valence-corrected chi connectivity index (χ3v) is 3.14. The minimum Gasteiger partial charge on any atom is -0.491 e. The number of hydrogen-bond acceptors (Lipinski definition) is 3. The van der Waals surface area contributed by atoms with E-state index >= 15 is 0 Å². The normalized spacial score (nSPS) is 22.9. The second-order valence-electron chi connectivity index (χ2n) is 4.51. The molecule has 1 aromatic rings. The van der Waals surface area contributed by atoms with Gasteiger partial charge in [-0.1, -0.05) is 19.1 Å². The quantitative estimate of drug-likeness (QED) is 0.822. The van der Waals surface area contributed by atoms with Gasteiger partial charge in [-0.15, -0.1) is 0 Å². The summed E-state index contributed by atoms with van der Waals surface area (Å²) in [4.78, 5) is 0. The fourth-order valence-corrected chi connectivity index (χ4v) is 2.02. The van der Waals surface area contributed by atoms with Crippen molar-refractivity contribution >= 4 is 5.69 Å². The molecule has 1 aliphatic carbocycles. The van der Waals surface area contributed by atoms with Crippen molar-refractivity contribution in [3.05, 3.63) is 24.3 Å². The first-order valence-corrected chi connectivity index (χ1v) is 6.34. The smallest absolute Gasteiger partial charge is 0.142 e. The largest absolute Gasteiger partial charge is 0.491 e. The van der Waals surface area contributed by atoms with Crippen LogP contribution < -0.4 is 10.1 Å². The summed E-state index contributed by atoms with van der Waals surface area (Å²) in [5.41, 5.74) is 1.10. The van der Waals surface area contributed by atoms with Gasteiger partial charge < -0.3 is 14.8 Å². The first-order valence-electron chi connectivity index (χ1n) is 6.34. The number of ether oxygens (including phenoxy) is 2. The van der Waals surface area contributed by atoms with E-state index in [2.05, 4.69) is 18.3 Å². The maximum atomic E-state index is 5.72. The maximum absolute atomic E-state index is 5.72. The third-order valence-electron chi connectivity index (χ3n) is 3.14. The molecule has 0 aliphatic heterocycles. The van der Waals surface area contributed by atoms with E-state index in [0.29, 0.717) is 12.1 Å². The van der Waals surface area contributed by atoms with Crippen LogP contribution >= 0.6 is 0 Å². The summed E-state index contributed by atoms with van der Waals surface area (Å²) in [6.07, 6.45) is 3.62.